The number of ether oxygens (including phenoxy) is 1. The van der Waals surface area contributed by atoms with Crippen LogP contribution in [-0.2, 0) is 11.3 Å². The van der Waals surface area contributed by atoms with Gasteiger partial charge >= 0.3 is 11.7 Å². The van der Waals surface area contributed by atoms with Crippen molar-refractivity contribution < 1.29 is 13.9 Å². The Morgan fingerprint density at radius 3 is 2.68 bits per heavy atom. The Hall–Kier alpha value is -3.95. The molecule has 3 heterocycles. The first-order valence-electron chi connectivity index (χ1n) is 11.3. The van der Waals surface area contributed by atoms with E-state index >= 15 is 0 Å². The summed E-state index contributed by atoms with van der Waals surface area (Å²) in [6.45, 7) is 1.99. The fraction of sp³-hybridized carbons (Fsp3) is 0.375. The van der Waals surface area contributed by atoms with Crippen LogP contribution < -0.4 is 11.2 Å². The minimum Gasteiger partial charge on any atom is -0.464 e. The Labute approximate surface area is 194 Å². The van der Waals surface area contributed by atoms with Crippen molar-refractivity contribution in [2.75, 3.05) is 7.11 Å². The van der Waals surface area contributed by atoms with Gasteiger partial charge in [0.2, 0.25) is 5.89 Å². The predicted octanol–water partition coefficient (Wildman–Crippen LogP) is 2.99. The summed E-state index contributed by atoms with van der Waals surface area (Å²) in [5.74, 6) is -0.393. The van der Waals surface area contributed by atoms with Gasteiger partial charge in [-0.25, -0.2) is 24.1 Å². The number of nitrogens with zero attached hydrogens (tertiary/aromatic N) is 5. The number of fused-ring (bicyclic) bond motifs is 1. The van der Waals surface area contributed by atoms with Crippen LogP contribution in [0.5, 0.6) is 0 Å². The molecule has 1 fully saturated rings. The number of methoxy groups -OCH3 is 1. The summed E-state index contributed by atoms with van der Waals surface area (Å²) < 4.78 is 14.6. The zero-order valence-electron chi connectivity index (χ0n) is 19.1. The van der Waals surface area contributed by atoms with Crippen LogP contribution >= 0.6 is 0 Å². The number of imidazole rings is 1. The molecule has 10 nitrogen and oxygen atoms in total. The molecule has 1 saturated carbocycles. The highest BCUT2D eigenvalue weighted by Gasteiger charge is 2.26. The van der Waals surface area contributed by atoms with Crippen molar-refractivity contribution in [1.82, 2.24) is 23.7 Å². The average Bonchev–Trinajstić information content (AvgIpc) is 3.48. The van der Waals surface area contributed by atoms with Crippen LogP contribution in [0.2, 0.25) is 0 Å². The molecule has 0 saturated heterocycles. The molecule has 176 valence electrons. The monoisotopic (exact) mass is 463 g/mol. The summed E-state index contributed by atoms with van der Waals surface area (Å²) in [5.41, 5.74) is 1.41. The van der Waals surface area contributed by atoms with Gasteiger partial charge in [-0.15, -0.1) is 0 Å². The molecule has 3 aromatic heterocycles. The lowest BCUT2D eigenvalue weighted by Crippen LogP contribution is -2.43. The summed E-state index contributed by atoms with van der Waals surface area (Å²) in [5, 5.41) is 0. The third-order valence-electron chi connectivity index (χ3n) is 6.40. The van der Waals surface area contributed by atoms with Gasteiger partial charge in [0.15, 0.2) is 16.9 Å². The first-order chi connectivity index (χ1) is 16.5. The van der Waals surface area contributed by atoms with E-state index in [2.05, 4.69) is 14.7 Å². The molecular weight excluding hydrogens is 438 g/mol. The van der Waals surface area contributed by atoms with Crippen molar-refractivity contribution >= 4 is 17.1 Å². The molecular formula is C24H25N5O5. The van der Waals surface area contributed by atoms with Gasteiger partial charge in [-0.05, 0) is 31.4 Å². The van der Waals surface area contributed by atoms with E-state index in [0.29, 0.717) is 5.69 Å². The molecule has 34 heavy (non-hydrogen) atoms. The highest BCUT2D eigenvalue weighted by molar-refractivity contribution is 5.86. The summed E-state index contributed by atoms with van der Waals surface area (Å²) in [6, 6.07) is 7.36. The number of hydrogen-bond donors (Lipinski definition) is 0. The molecule has 0 bridgehead atoms. The maximum absolute atomic E-state index is 13.7. The molecule has 1 aliphatic carbocycles. The van der Waals surface area contributed by atoms with Gasteiger partial charge in [-0.1, -0.05) is 37.5 Å². The molecule has 0 N–H and O–H groups in total. The number of oxazole rings is 1. The molecule has 1 aromatic carbocycles. The van der Waals surface area contributed by atoms with E-state index in [-0.39, 0.29) is 46.6 Å². The van der Waals surface area contributed by atoms with E-state index in [1.54, 1.807) is 4.57 Å². The quantitative estimate of drug-likeness (QED) is 0.418. The minimum absolute atomic E-state index is 0.0401. The molecule has 10 heteroatoms. The molecule has 5 rings (SSSR count). The van der Waals surface area contributed by atoms with Crippen LogP contribution in [0.3, 0.4) is 0 Å². The molecule has 4 aromatic rings. The largest absolute Gasteiger partial charge is 0.464 e. The van der Waals surface area contributed by atoms with Crippen LogP contribution in [0.4, 0.5) is 0 Å². The molecule has 0 amide bonds. The van der Waals surface area contributed by atoms with Crippen LogP contribution in [0.25, 0.3) is 16.9 Å². The lowest BCUT2D eigenvalue weighted by Gasteiger charge is -2.24. The third-order valence-corrected chi connectivity index (χ3v) is 6.40. The molecule has 1 aliphatic rings. The summed E-state index contributed by atoms with van der Waals surface area (Å²) >= 11 is 0. The third kappa shape index (κ3) is 3.64. The van der Waals surface area contributed by atoms with Crippen molar-refractivity contribution in [3.05, 3.63) is 74.8 Å². The van der Waals surface area contributed by atoms with Crippen molar-refractivity contribution in [2.45, 2.75) is 51.6 Å². The second-order valence-corrected chi connectivity index (χ2v) is 8.53. The number of carbonyl (C=O) groups excluding carboxylic acids is 1. The second kappa shape index (κ2) is 8.77. The standard InChI is InChI=1S/C24H25N5O5/c1-15-8-6-7-11-18(15)29-21-20(22(30)28(24(29)32)16-9-4-3-5-10-16)27(14-25-21)12-19-26-17(13-34-19)23(31)33-2/h6-8,11,13-14,16H,3-5,9-10,12H2,1-2H3. The zero-order chi connectivity index (χ0) is 23.8. The predicted molar refractivity (Wildman–Crippen MR) is 123 cm³/mol. The van der Waals surface area contributed by atoms with Gasteiger partial charge in [0, 0.05) is 6.04 Å². The van der Waals surface area contributed by atoms with Crippen LogP contribution in [0, 0.1) is 6.92 Å². The average molecular weight is 463 g/mol. The summed E-state index contributed by atoms with van der Waals surface area (Å²) in [4.78, 5) is 47.8. The van der Waals surface area contributed by atoms with Gasteiger partial charge in [0.1, 0.15) is 12.8 Å². The Morgan fingerprint density at radius 2 is 1.94 bits per heavy atom. The van der Waals surface area contributed by atoms with E-state index in [4.69, 9.17) is 4.42 Å². The number of aromatic nitrogens is 5. The second-order valence-electron chi connectivity index (χ2n) is 8.53. The fourth-order valence-electron chi connectivity index (χ4n) is 4.69. The van der Waals surface area contributed by atoms with Crippen molar-refractivity contribution in [3.63, 3.8) is 0 Å². The number of hydrogen-bond acceptors (Lipinski definition) is 7. The number of aryl methyl sites for hydroxylation is 1. The Kier molecular flexibility index (Phi) is 5.64. The molecule has 0 spiro atoms. The SMILES string of the molecule is COC(=O)c1coc(Cn2cnc3c2c(=O)n(C2CCCCC2)c(=O)n3-c2ccccc2C)n1. The van der Waals surface area contributed by atoms with Gasteiger partial charge in [-0.2, -0.15) is 0 Å². The highest BCUT2D eigenvalue weighted by atomic mass is 16.5. The van der Waals surface area contributed by atoms with Crippen molar-refractivity contribution in [3.8, 4) is 5.69 Å². The lowest BCUT2D eigenvalue weighted by molar-refractivity contribution is 0.0594. The molecule has 0 unspecified atom stereocenters. The van der Waals surface area contributed by atoms with Crippen molar-refractivity contribution in [2.24, 2.45) is 0 Å². The van der Waals surface area contributed by atoms with E-state index in [9.17, 15) is 14.4 Å². The maximum atomic E-state index is 13.7. The zero-order valence-corrected chi connectivity index (χ0v) is 19.1. The van der Waals surface area contributed by atoms with Gasteiger partial charge in [-0.3, -0.25) is 9.36 Å². The fourth-order valence-corrected chi connectivity index (χ4v) is 4.69. The summed E-state index contributed by atoms with van der Waals surface area (Å²) in [6.07, 6.45) is 7.33. The molecule has 0 aliphatic heterocycles. The van der Waals surface area contributed by atoms with E-state index < -0.39 is 5.97 Å². The Balaban J connectivity index is 1.72. The molecule has 0 radical (unpaired) electrons. The maximum Gasteiger partial charge on any atom is 0.360 e. The van der Waals surface area contributed by atoms with Gasteiger partial charge in [0.25, 0.3) is 5.56 Å². The summed E-state index contributed by atoms with van der Waals surface area (Å²) in [7, 11) is 1.26. The van der Waals surface area contributed by atoms with Gasteiger partial charge < -0.3 is 13.7 Å². The van der Waals surface area contributed by atoms with Crippen LogP contribution in [0.15, 0.2) is 50.9 Å². The van der Waals surface area contributed by atoms with Gasteiger partial charge in [0.05, 0.1) is 19.1 Å². The number of benzene rings is 1. The first-order valence-corrected chi connectivity index (χ1v) is 11.3. The van der Waals surface area contributed by atoms with E-state index in [0.717, 1.165) is 37.7 Å². The Morgan fingerprint density at radius 1 is 1.18 bits per heavy atom. The normalized spacial score (nSPS) is 14.5. The molecule has 0 atom stereocenters. The number of esters is 1. The lowest BCUT2D eigenvalue weighted by atomic mass is 9.95. The first kappa shape index (κ1) is 21.9. The van der Waals surface area contributed by atoms with Crippen LogP contribution in [0.1, 0.15) is 60.1 Å². The van der Waals surface area contributed by atoms with E-state index in [1.165, 1.54) is 28.8 Å². The van der Waals surface area contributed by atoms with E-state index in [1.807, 2.05) is 31.2 Å². The Bertz CT molecular complexity index is 1490. The number of para-hydroxylation sites is 1. The topological polar surface area (TPSA) is 114 Å². The minimum atomic E-state index is -0.612. The smallest absolute Gasteiger partial charge is 0.360 e. The highest BCUT2D eigenvalue weighted by Crippen LogP contribution is 2.27. The van der Waals surface area contributed by atoms with Crippen LogP contribution in [-0.4, -0.2) is 36.7 Å². The van der Waals surface area contributed by atoms with Crippen molar-refractivity contribution in [1.29, 1.82) is 0 Å². The number of rotatable bonds is 5. The number of carbonyl (C=O) groups is 1.